The van der Waals surface area contributed by atoms with E-state index in [9.17, 15) is 14.4 Å². The molecule has 8 nitrogen and oxygen atoms in total. The van der Waals surface area contributed by atoms with Crippen molar-refractivity contribution in [1.29, 1.82) is 0 Å². The van der Waals surface area contributed by atoms with Crippen LogP contribution in [-0.2, 0) is 14.3 Å². The Labute approximate surface area is 144 Å². The van der Waals surface area contributed by atoms with Crippen molar-refractivity contribution >= 4 is 18.2 Å². The smallest absolute Gasteiger partial charge is 0.481 e. The van der Waals surface area contributed by atoms with E-state index in [1.807, 2.05) is 0 Å². The molecule has 0 spiro atoms. The summed E-state index contributed by atoms with van der Waals surface area (Å²) in [5.74, 6) is -0.886. The van der Waals surface area contributed by atoms with Gasteiger partial charge in [-0.15, -0.1) is 0 Å². The lowest BCUT2D eigenvalue weighted by Crippen LogP contribution is -2.30. The second-order valence-corrected chi connectivity index (χ2v) is 4.70. The summed E-state index contributed by atoms with van der Waals surface area (Å²) in [4.78, 5) is 33.9. The summed E-state index contributed by atoms with van der Waals surface area (Å²) in [6.45, 7) is 6.85. The zero-order chi connectivity index (χ0) is 18.7. The number of aliphatic carboxylic acids is 1. The highest BCUT2D eigenvalue weighted by Crippen LogP contribution is 2.21. The fraction of sp³-hybridized carbons (Fsp3) is 0.235. The van der Waals surface area contributed by atoms with Crippen molar-refractivity contribution in [3.05, 3.63) is 55.1 Å². The van der Waals surface area contributed by atoms with Crippen LogP contribution in [0.25, 0.3) is 0 Å². The first kappa shape index (κ1) is 19.8. The molecular formula is C17H19NO7. The van der Waals surface area contributed by atoms with Crippen molar-refractivity contribution < 1.29 is 33.7 Å². The van der Waals surface area contributed by atoms with E-state index in [-0.39, 0.29) is 25.4 Å². The minimum atomic E-state index is -1.10. The van der Waals surface area contributed by atoms with Gasteiger partial charge in [0.05, 0.1) is 12.5 Å². The number of carbonyl (C=O) groups excluding carboxylic acids is 2. The zero-order valence-electron chi connectivity index (χ0n) is 13.5. The van der Waals surface area contributed by atoms with E-state index in [1.165, 1.54) is 36.4 Å². The number of ether oxygens (including phenoxy) is 3. The maximum atomic E-state index is 11.6. The van der Waals surface area contributed by atoms with E-state index in [0.717, 1.165) is 0 Å². The Balaban J connectivity index is 2.76. The Morgan fingerprint density at radius 2 is 1.68 bits per heavy atom. The number of carboxylic acid groups (broad SMARTS) is 1. The third kappa shape index (κ3) is 7.69. The Kier molecular flexibility index (Phi) is 8.28. The van der Waals surface area contributed by atoms with Gasteiger partial charge in [0.15, 0.2) is 0 Å². The van der Waals surface area contributed by atoms with Gasteiger partial charge in [0.1, 0.15) is 19.0 Å². The van der Waals surface area contributed by atoms with Crippen LogP contribution in [0.5, 0.6) is 5.75 Å². The van der Waals surface area contributed by atoms with Crippen LogP contribution in [0.1, 0.15) is 18.0 Å². The third-order valence-corrected chi connectivity index (χ3v) is 2.81. The molecule has 0 aliphatic heterocycles. The van der Waals surface area contributed by atoms with Gasteiger partial charge < -0.3 is 24.6 Å². The molecule has 25 heavy (non-hydrogen) atoms. The van der Waals surface area contributed by atoms with Gasteiger partial charge in [-0.3, -0.25) is 4.79 Å². The monoisotopic (exact) mass is 349 g/mol. The van der Waals surface area contributed by atoms with Crippen LogP contribution in [-0.4, -0.2) is 36.5 Å². The van der Waals surface area contributed by atoms with Gasteiger partial charge in [0.2, 0.25) is 0 Å². The Hall–Kier alpha value is -3.29. The van der Waals surface area contributed by atoms with E-state index < -0.39 is 24.3 Å². The molecule has 2 N–H and O–H groups in total. The fourth-order valence-corrected chi connectivity index (χ4v) is 1.77. The Morgan fingerprint density at radius 1 is 1.08 bits per heavy atom. The molecule has 0 radical (unpaired) electrons. The summed E-state index contributed by atoms with van der Waals surface area (Å²) in [6, 6.07) is 5.15. The maximum Gasteiger partial charge on any atom is 0.514 e. The number of carbonyl (C=O) groups is 3. The molecule has 0 aliphatic rings. The number of alkyl carbamates (subject to hydrolysis) is 1. The summed E-state index contributed by atoms with van der Waals surface area (Å²) in [5, 5.41) is 11.4. The average molecular weight is 349 g/mol. The molecule has 1 rings (SSSR count). The van der Waals surface area contributed by atoms with Crippen LogP contribution in [0, 0.1) is 0 Å². The first-order valence-electron chi connectivity index (χ1n) is 7.27. The molecule has 1 amide bonds. The van der Waals surface area contributed by atoms with Crippen molar-refractivity contribution in [3.8, 4) is 5.75 Å². The molecule has 8 heteroatoms. The molecule has 1 aromatic carbocycles. The molecule has 0 saturated carbocycles. The second kappa shape index (κ2) is 10.5. The van der Waals surface area contributed by atoms with Gasteiger partial charge in [0, 0.05) is 0 Å². The predicted octanol–water partition coefficient (Wildman–Crippen LogP) is 2.82. The Morgan fingerprint density at radius 3 is 2.24 bits per heavy atom. The van der Waals surface area contributed by atoms with Crippen molar-refractivity contribution in [2.45, 2.75) is 12.5 Å². The highest BCUT2D eigenvalue weighted by molar-refractivity contribution is 5.72. The van der Waals surface area contributed by atoms with Gasteiger partial charge in [-0.1, -0.05) is 37.4 Å². The summed E-state index contributed by atoms with van der Waals surface area (Å²) in [5.41, 5.74) is 0.504. The van der Waals surface area contributed by atoms with E-state index in [4.69, 9.17) is 14.6 Å². The molecule has 0 fully saturated rings. The van der Waals surface area contributed by atoms with Gasteiger partial charge >= 0.3 is 18.2 Å². The highest BCUT2D eigenvalue weighted by Gasteiger charge is 2.19. The molecule has 1 atom stereocenters. The normalized spacial score (nSPS) is 10.9. The lowest BCUT2D eigenvalue weighted by molar-refractivity contribution is -0.137. The first-order valence-corrected chi connectivity index (χ1v) is 7.27. The molecule has 1 aromatic rings. The number of carboxylic acids is 1. The highest BCUT2D eigenvalue weighted by atomic mass is 16.7. The van der Waals surface area contributed by atoms with Crippen molar-refractivity contribution in [3.63, 3.8) is 0 Å². The van der Waals surface area contributed by atoms with Gasteiger partial charge in [-0.05, 0) is 17.7 Å². The average Bonchev–Trinajstić information content (AvgIpc) is 2.58. The third-order valence-electron chi connectivity index (χ3n) is 2.81. The lowest BCUT2D eigenvalue weighted by Gasteiger charge is -2.17. The molecule has 0 heterocycles. The summed E-state index contributed by atoms with van der Waals surface area (Å²) in [7, 11) is 0. The standard InChI is InChI=1S/C17H19NO7/c1-3-9-23-16(21)18-14(11-15(19)20)12-5-7-13(8-6-12)25-17(22)24-10-4-2/h3-8,14H,1-2,9-11H2,(H,18,21)(H,19,20). The van der Waals surface area contributed by atoms with Crippen LogP contribution in [0.4, 0.5) is 9.59 Å². The minimum Gasteiger partial charge on any atom is -0.481 e. The molecule has 0 aromatic heterocycles. The lowest BCUT2D eigenvalue weighted by atomic mass is 10.0. The number of hydrogen-bond donors (Lipinski definition) is 2. The number of hydrogen-bond acceptors (Lipinski definition) is 6. The molecule has 0 bridgehead atoms. The van der Waals surface area contributed by atoms with Crippen molar-refractivity contribution in [1.82, 2.24) is 5.32 Å². The number of rotatable bonds is 9. The number of nitrogens with one attached hydrogen (secondary N) is 1. The minimum absolute atomic E-state index is 0.00518. The van der Waals surface area contributed by atoms with Crippen molar-refractivity contribution in [2.24, 2.45) is 0 Å². The van der Waals surface area contributed by atoms with E-state index in [2.05, 4.69) is 23.2 Å². The fourth-order valence-electron chi connectivity index (χ4n) is 1.77. The number of benzene rings is 1. The molecular weight excluding hydrogens is 330 g/mol. The zero-order valence-corrected chi connectivity index (χ0v) is 13.5. The number of amides is 1. The molecule has 0 aliphatic carbocycles. The van der Waals surface area contributed by atoms with E-state index in [0.29, 0.717) is 5.56 Å². The van der Waals surface area contributed by atoms with Crippen LogP contribution in [0.3, 0.4) is 0 Å². The largest absolute Gasteiger partial charge is 0.514 e. The van der Waals surface area contributed by atoms with Gasteiger partial charge in [-0.25, -0.2) is 9.59 Å². The summed E-state index contributed by atoms with van der Waals surface area (Å²) < 4.78 is 14.4. The summed E-state index contributed by atoms with van der Waals surface area (Å²) >= 11 is 0. The van der Waals surface area contributed by atoms with Gasteiger partial charge in [0.25, 0.3) is 0 Å². The van der Waals surface area contributed by atoms with Crippen LogP contribution < -0.4 is 10.1 Å². The molecule has 134 valence electrons. The van der Waals surface area contributed by atoms with E-state index in [1.54, 1.807) is 0 Å². The first-order chi connectivity index (χ1) is 12.0. The SMILES string of the molecule is C=CCOC(=O)NC(CC(=O)O)c1ccc(OC(=O)OCC=C)cc1. The van der Waals surface area contributed by atoms with E-state index >= 15 is 0 Å². The quantitative estimate of drug-likeness (QED) is 0.400. The Bertz CT molecular complexity index is 624. The maximum absolute atomic E-state index is 11.6. The molecule has 0 saturated heterocycles. The molecule has 1 unspecified atom stereocenters. The van der Waals surface area contributed by atoms with Crippen LogP contribution >= 0.6 is 0 Å². The van der Waals surface area contributed by atoms with Crippen molar-refractivity contribution in [2.75, 3.05) is 13.2 Å². The topological polar surface area (TPSA) is 111 Å². The second-order valence-electron chi connectivity index (χ2n) is 4.70. The van der Waals surface area contributed by atoms with Crippen LogP contribution in [0.15, 0.2) is 49.6 Å². The van der Waals surface area contributed by atoms with Gasteiger partial charge in [-0.2, -0.15) is 0 Å². The van der Waals surface area contributed by atoms with Crippen LogP contribution in [0.2, 0.25) is 0 Å². The summed E-state index contributed by atoms with van der Waals surface area (Å²) in [6.07, 6.45) is 0.798. The predicted molar refractivity (Wildman–Crippen MR) is 88.3 cm³/mol.